The summed E-state index contributed by atoms with van der Waals surface area (Å²) in [6, 6.07) is 16.0. The van der Waals surface area contributed by atoms with E-state index < -0.39 is 0 Å². The normalized spacial score (nSPS) is 16.6. The van der Waals surface area contributed by atoms with Crippen LogP contribution in [0, 0.1) is 5.92 Å². The molecule has 8 heteroatoms. The van der Waals surface area contributed by atoms with Crippen molar-refractivity contribution in [1.29, 1.82) is 0 Å². The van der Waals surface area contributed by atoms with Crippen molar-refractivity contribution >= 4 is 40.0 Å². The van der Waals surface area contributed by atoms with Gasteiger partial charge in [0.25, 0.3) is 0 Å². The number of hydrogen-bond donors (Lipinski definition) is 2. The summed E-state index contributed by atoms with van der Waals surface area (Å²) in [5.41, 5.74) is 5.02. The molecule has 0 amide bonds. The zero-order valence-corrected chi connectivity index (χ0v) is 19.7. The van der Waals surface area contributed by atoms with Gasteiger partial charge in [0.05, 0.1) is 24.4 Å². The number of benzene rings is 2. The summed E-state index contributed by atoms with van der Waals surface area (Å²) < 4.78 is 5.53. The molecule has 0 atom stereocenters. The van der Waals surface area contributed by atoms with Gasteiger partial charge in [-0.1, -0.05) is 43.0 Å². The van der Waals surface area contributed by atoms with Crippen LogP contribution in [-0.2, 0) is 11.2 Å². The summed E-state index contributed by atoms with van der Waals surface area (Å²) in [5, 5.41) is 13.2. The average molecular weight is 475 g/mol. The molecule has 2 aliphatic rings. The van der Waals surface area contributed by atoms with Crippen LogP contribution in [0.5, 0.6) is 0 Å². The summed E-state index contributed by atoms with van der Waals surface area (Å²) in [5.74, 6) is 2.23. The fourth-order valence-corrected chi connectivity index (χ4v) is 4.73. The van der Waals surface area contributed by atoms with E-state index in [-0.39, 0.29) is 0 Å². The highest BCUT2D eigenvalue weighted by molar-refractivity contribution is 6.30. The summed E-state index contributed by atoms with van der Waals surface area (Å²) in [6.07, 6.45) is 5.09. The molecule has 1 saturated heterocycles. The molecule has 34 heavy (non-hydrogen) atoms. The lowest BCUT2D eigenvalue weighted by Gasteiger charge is -2.27. The van der Waals surface area contributed by atoms with E-state index in [1.165, 1.54) is 30.3 Å². The molecule has 4 aromatic rings. The fraction of sp³-hybridized carbons (Fsp3) is 0.346. The lowest BCUT2D eigenvalue weighted by atomic mass is 9.82. The Hall–Kier alpha value is -3.16. The van der Waals surface area contributed by atoms with E-state index in [9.17, 15) is 0 Å². The largest absolute Gasteiger partial charge is 0.378 e. The maximum absolute atomic E-state index is 6.05. The van der Waals surface area contributed by atoms with Crippen molar-refractivity contribution in [3.63, 3.8) is 0 Å². The molecule has 6 rings (SSSR count). The van der Waals surface area contributed by atoms with Crippen molar-refractivity contribution in [2.45, 2.75) is 25.7 Å². The predicted octanol–water partition coefficient (Wildman–Crippen LogP) is 5.60. The molecular formula is C26H27ClN6O. The molecule has 2 aromatic heterocycles. The Morgan fingerprint density at radius 1 is 1.03 bits per heavy atom. The van der Waals surface area contributed by atoms with Gasteiger partial charge in [-0.2, -0.15) is 10.1 Å². The van der Waals surface area contributed by atoms with Crippen molar-refractivity contribution in [1.82, 2.24) is 20.2 Å². The quantitative estimate of drug-likeness (QED) is 0.379. The summed E-state index contributed by atoms with van der Waals surface area (Å²) >= 11 is 6.05. The molecule has 0 unspecified atom stereocenters. The Balaban J connectivity index is 1.35. The van der Waals surface area contributed by atoms with E-state index >= 15 is 0 Å². The van der Waals surface area contributed by atoms with E-state index in [0.29, 0.717) is 24.2 Å². The summed E-state index contributed by atoms with van der Waals surface area (Å²) in [7, 11) is 0. The first kappa shape index (κ1) is 21.4. The van der Waals surface area contributed by atoms with Crippen molar-refractivity contribution in [2.75, 3.05) is 36.5 Å². The van der Waals surface area contributed by atoms with Gasteiger partial charge in [0.1, 0.15) is 5.82 Å². The molecule has 0 spiro atoms. The van der Waals surface area contributed by atoms with E-state index in [1.54, 1.807) is 0 Å². The Kier molecular flexibility index (Phi) is 5.81. The van der Waals surface area contributed by atoms with E-state index in [2.05, 4.69) is 38.6 Å². The van der Waals surface area contributed by atoms with Gasteiger partial charge in [0, 0.05) is 46.5 Å². The predicted molar refractivity (Wildman–Crippen MR) is 136 cm³/mol. The summed E-state index contributed by atoms with van der Waals surface area (Å²) in [4.78, 5) is 11.9. The molecule has 3 heterocycles. The maximum atomic E-state index is 6.05. The van der Waals surface area contributed by atoms with Crippen molar-refractivity contribution in [2.24, 2.45) is 5.92 Å². The molecule has 2 N–H and O–H groups in total. The van der Waals surface area contributed by atoms with Gasteiger partial charge in [-0.3, -0.25) is 5.10 Å². The third-order valence-corrected chi connectivity index (χ3v) is 7.02. The van der Waals surface area contributed by atoms with E-state index in [1.807, 2.05) is 30.3 Å². The van der Waals surface area contributed by atoms with Gasteiger partial charge < -0.3 is 15.0 Å². The van der Waals surface area contributed by atoms with Gasteiger partial charge >= 0.3 is 0 Å². The van der Waals surface area contributed by atoms with Crippen LogP contribution in [0.15, 0.2) is 48.5 Å². The highest BCUT2D eigenvalue weighted by Gasteiger charge is 2.21. The molecule has 1 aliphatic carbocycles. The first-order chi connectivity index (χ1) is 16.7. The van der Waals surface area contributed by atoms with Crippen LogP contribution in [-0.4, -0.2) is 46.5 Å². The first-order valence-corrected chi connectivity index (χ1v) is 12.3. The van der Waals surface area contributed by atoms with Crippen LogP contribution >= 0.6 is 11.6 Å². The number of nitrogens with one attached hydrogen (secondary N) is 2. The van der Waals surface area contributed by atoms with Gasteiger partial charge in [0.2, 0.25) is 5.95 Å². The maximum Gasteiger partial charge on any atom is 0.228 e. The second-order valence-electron chi connectivity index (χ2n) is 9.10. The Bertz CT molecular complexity index is 1290. The topological polar surface area (TPSA) is 79.0 Å². The lowest BCUT2D eigenvalue weighted by Crippen LogP contribution is -2.37. The number of H-pyrrole nitrogens is 1. The van der Waals surface area contributed by atoms with Crippen LogP contribution < -0.4 is 10.2 Å². The Morgan fingerprint density at radius 2 is 1.85 bits per heavy atom. The van der Waals surface area contributed by atoms with Gasteiger partial charge in [-0.15, -0.1) is 0 Å². The highest BCUT2D eigenvalue weighted by atomic mass is 35.5. The lowest BCUT2D eigenvalue weighted by molar-refractivity contribution is 0.122. The number of fused-ring (bicyclic) bond motifs is 1. The van der Waals surface area contributed by atoms with Crippen LogP contribution in [0.3, 0.4) is 0 Å². The standard InChI is InChI=1S/C26H27ClN6O/c27-19-5-7-20(8-6-19)28-25-16-22(29-26(30-25)33-10-12-34-13-11-33)18-4-9-21-23(14-17-2-1-3-17)31-32-24(21)15-18/h4-9,15-17H,1-3,10-14H2,(H,31,32)(H,28,29,30). The van der Waals surface area contributed by atoms with E-state index in [4.69, 9.17) is 26.3 Å². The monoisotopic (exact) mass is 474 g/mol. The number of ether oxygens (including phenoxy) is 1. The van der Waals surface area contributed by atoms with Crippen molar-refractivity contribution < 1.29 is 4.74 Å². The number of halogens is 1. The molecule has 7 nitrogen and oxygen atoms in total. The second-order valence-corrected chi connectivity index (χ2v) is 9.54. The molecule has 0 radical (unpaired) electrons. The number of nitrogens with zero attached hydrogens (tertiary/aromatic N) is 4. The number of aromatic amines is 1. The van der Waals surface area contributed by atoms with Gasteiger partial charge in [0.15, 0.2) is 0 Å². The van der Waals surface area contributed by atoms with Crippen LogP contribution in [0.4, 0.5) is 17.5 Å². The first-order valence-electron chi connectivity index (χ1n) is 11.9. The zero-order valence-electron chi connectivity index (χ0n) is 18.9. The number of hydrogen-bond acceptors (Lipinski definition) is 6. The minimum absolute atomic E-state index is 0.677. The van der Waals surface area contributed by atoms with Crippen LogP contribution in [0.2, 0.25) is 5.02 Å². The number of anilines is 3. The highest BCUT2D eigenvalue weighted by Crippen LogP contribution is 2.33. The third-order valence-electron chi connectivity index (χ3n) is 6.77. The molecule has 1 saturated carbocycles. The Morgan fingerprint density at radius 3 is 2.62 bits per heavy atom. The number of aromatic nitrogens is 4. The zero-order chi connectivity index (χ0) is 22.9. The van der Waals surface area contributed by atoms with E-state index in [0.717, 1.165) is 53.7 Å². The number of morpholine rings is 1. The molecule has 2 aromatic carbocycles. The van der Waals surface area contributed by atoms with Gasteiger partial charge in [-0.05, 0) is 42.7 Å². The smallest absolute Gasteiger partial charge is 0.228 e. The van der Waals surface area contributed by atoms with Crippen molar-refractivity contribution in [3.05, 3.63) is 59.2 Å². The van der Waals surface area contributed by atoms with Gasteiger partial charge in [-0.25, -0.2) is 4.98 Å². The fourth-order valence-electron chi connectivity index (χ4n) is 4.60. The molecule has 174 valence electrons. The minimum Gasteiger partial charge on any atom is -0.378 e. The molecule has 0 bridgehead atoms. The van der Waals surface area contributed by atoms with Crippen LogP contribution in [0.1, 0.15) is 25.0 Å². The van der Waals surface area contributed by atoms with Crippen molar-refractivity contribution in [3.8, 4) is 11.3 Å². The average Bonchev–Trinajstić information content (AvgIpc) is 3.25. The molecule has 1 aliphatic heterocycles. The SMILES string of the molecule is Clc1ccc(Nc2cc(-c3ccc4c(CC5CCC5)[nH]nc4c3)nc(N3CCOCC3)n2)cc1. The molecular weight excluding hydrogens is 448 g/mol. The Labute approximate surface area is 203 Å². The number of rotatable bonds is 6. The van der Waals surface area contributed by atoms with Crippen LogP contribution in [0.25, 0.3) is 22.2 Å². The minimum atomic E-state index is 0.677. The molecule has 2 fully saturated rings. The summed E-state index contributed by atoms with van der Waals surface area (Å²) in [6.45, 7) is 2.90. The second kappa shape index (κ2) is 9.24. The third kappa shape index (κ3) is 4.45.